The van der Waals surface area contributed by atoms with Gasteiger partial charge in [0.2, 0.25) is 0 Å². The molecule has 1 fully saturated rings. The average Bonchev–Trinajstić information content (AvgIpc) is 2.97. The van der Waals surface area contributed by atoms with Crippen molar-refractivity contribution in [3.63, 3.8) is 0 Å². The molecular formula is C17H19NO2. The van der Waals surface area contributed by atoms with Gasteiger partial charge in [0, 0.05) is 18.2 Å². The third kappa shape index (κ3) is 2.34. The van der Waals surface area contributed by atoms with E-state index in [1.54, 1.807) is 7.11 Å². The number of benzene rings is 1. The highest BCUT2D eigenvalue weighted by Crippen LogP contribution is 2.34. The van der Waals surface area contributed by atoms with E-state index in [-0.39, 0.29) is 5.78 Å². The fraction of sp³-hybridized carbons (Fsp3) is 0.412. The topological polar surface area (TPSA) is 39.2 Å². The van der Waals surface area contributed by atoms with Crippen molar-refractivity contribution in [2.45, 2.75) is 37.7 Å². The maximum atomic E-state index is 12.5. The van der Waals surface area contributed by atoms with Gasteiger partial charge in [-0.15, -0.1) is 0 Å². The monoisotopic (exact) mass is 269 g/mol. The Bertz CT molecular complexity index is 630. The molecule has 2 aromatic rings. The predicted octanol–water partition coefficient (Wildman–Crippen LogP) is 3.31. The van der Waals surface area contributed by atoms with Gasteiger partial charge in [0.1, 0.15) is 5.60 Å². The largest absolute Gasteiger partial charge is 0.370 e. The molecular weight excluding hydrogens is 250 g/mol. The Morgan fingerprint density at radius 1 is 1.20 bits per heavy atom. The summed E-state index contributed by atoms with van der Waals surface area (Å²) in [5.41, 5.74) is 1.21. The molecule has 0 atom stereocenters. The Kier molecular flexibility index (Phi) is 3.53. The first-order chi connectivity index (χ1) is 9.73. The summed E-state index contributed by atoms with van der Waals surface area (Å²) in [4.78, 5) is 17.1. The van der Waals surface area contributed by atoms with Crippen molar-refractivity contribution in [2.24, 2.45) is 0 Å². The van der Waals surface area contributed by atoms with Gasteiger partial charge in [0.05, 0.1) is 11.9 Å². The molecule has 0 N–H and O–H groups in total. The number of hydrogen-bond donors (Lipinski definition) is 0. The van der Waals surface area contributed by atoms with Crippen LogP contribution in [0.1, 0.15) is 31.4 Å². The Balaban J connectivity index is 1.83. The first-order valence-electron chi connectivity index (χ1n) is 7.17. The van der Waals surface area contributed by atoms with E-state index < -0.39 is 5.60 Å². The average molecular weight is 269 g/mol. The summed E-state index contributed by atoms with van der Waals surface area (Å²) in [5.74, 6) is 0.167. The standard InChI is InChI=1S/C17H19NO2/c1-20-17(10-4-5-11-17)16(19)12-14-9-8-13-6-2-3-7-15(13)18-14/h2-3,6-9H,4-5,10-12H2,1H3. The Hall–Kier alpha value is -1.74. The summed E-state index contributed by atoms with van der Waals surface area (Å²) in [6.07, 6.45) is 4.19. The molecule has 1 saturated carbocycles. The molecule has 0 spiro atoms. The van der Waals surface area contributed by atoms with Crippen molar-refractivity contribution in [3.05, 3.63) is 42.1 Å². The second-order valence-corrected chi connectivity index (χ2v) is 5.50. The van der Waals surface area contributed by atoms with Crippen LogP contribution in [0.15, 0.2) is 36.4 Å². The number of ether oxygens (including phenoxy) is 1. The van der Waals surface area contributed by atoms with E-state index >= 15 is 0 Å². The quantitative estimate of drug-likeness (QED) is 0.855. The molecule has 0 bridgehead atoms. The zero-order chi connectivity index (χ0) is 14.0. The highest BCUT2D eigenvalue weighted by Gasteiger charge is 2.40. The number of aromatic nitrogens is 1. The molecule has 104 valence electrons. The Morgan fingerprint density at radius 3 is 2.70 bits per heavy atom. The van der Waals surface area contributed by atoms with E-state index in [0.29, 0.717) is 6.42 Å². The molecule has 3 heteroatoms. The van der Waals surface area contributed by atoms with Gasteiger partial charge in [-0.1, -0.05) is 24.3 Å². The molecule has 20 heavy (non-hydrogen) atoms. The third-order valence-corrected chi connectivity index (χ3v) is 4.31. The minimum atomic E-state index is -0.562. The summed E-state index contributed by atoms with van der Waals surface area (Å²) >= 11 is 0. The molecule has 3 nitrogen and oxygen atoms in total. The number of rotatable bonds is 4. The van der Waals surface area contributed by atoms with E-state index in [2.05, 4.69) is 4.98 Å². The number of fused-ring (bicyclic) bond motifs is 1. The molecule has 1 aliphatic rings. The number of hydrogen-bond acceptors (Lipinski definition) is 3. The number of Topliss-reactive ketones (excluding diaryl/α,β-unsaturated/α-hetero) is 1. The SMILES string of the molecule is COC1(C(=O)Cc2ccc3ccccc3n2)CCCC1. The number of nitrogens with zero attached hydrogens (tertiary/aromatic N) is 1. The van der Waals surface area contributed by atoms with Crippen molar-refractivity contribution < 1.29 is 9.53 Å². The highest BCUT2D eigenvalue weighted by atomic mass is 16.5. The lowest BCUT2D eigenvalue weighted by molar-refractivity contribution is -0.139. The number of pyridine rings is 1. The number of carbonyl (C=O) groups is 1. The van der Waals surface area contributed by atoms with E-state index in [0.717, 1.165) is 42.3 Å². The van der Waals surface area contributed by atoms with Crippen LogP contribution in [0.4, 0.5) is 0 Å². The smallest absolute Gasteiger partial charge is 0.170 e. The van der Waals surface area contributed by atoms with Crippen LogP contribution in [0.3, 0.4) is 0 Å². The normalized spacial score (nSPS) is 17.4. The molecule has 3 rings (SSSR count). The van der Waals surface area contributed by atoms with Crippen LogP contribution in [0.2, 0.25) is 0 Å². The summed E-state index contributed by atoms with van der Waals surface area (Å²) in [6.45, 7) is 0. The number of para-hydroxylation sites is 1. The molecule has 0 aliphatic heterocycles. The van der Waals surface area contributed by atoms with Gasteiger partial charge in [-0.2, -0.15) is 0 Å². The van der Waals surface area contributed by atoms with Gasteiger partial charge in [-0.3, -0.25) is 9.78 Å². The molecule has 0 saturated heterocycles. The van der Waals surface area contributed by atoms with Crippen molar-refractivity contribution in [1.82, 2.24) is 4.98 Å². The second-order valence-electron chi connectivity index (χ2n) is 5.50. The maximum absolute atomic E-state index is 12.5. The molecule has 0 amide bonds. The van der Waals surface area contributed by atoms with Gasteiger partial charge < -0.3 is 4.74 Å². The molecule has 1 aromatic carbocycles. The summed E-state index contributed by atoms with van der Waals surface area (Å²) < 4.78 is 5.54. The number of ketones is 1. The maximum Gasteiger partial charge on any atom is 0.170 e. The zero-order valence-electron chi connectivity index (χ0n) is 11.8. The van der Waals surface area contributed by atoms with Crippen LogP contribution in [0, 0.1) is 0 Å². The molecule has 0 radical (unpaired) electrons. The molecule has 0 unspecified atom stereocenters. The van der Waals surface area contributed by atoms with Crippen LogP contribution in [-0.2, 0) is 16.0 Å². The lowest BCUT2D eigenvalue weighted by atomic mass is 9.93. The summed E-state index contributed by atoms with van der Waals surface area (Å²) in [5, 5.41) is 1.10. The van der Waals surface area contributed by atoms with Crippen molar-refractivity contribution in [2.75, 3.05) is 7.11 Å². The van der Waals surface area contributed by atoms with Crippen molar-refractivity contribution in [1.29, 1.82) is 0 Å². The fourth-order valence-corrected chi connectivity index (χ4v) is 3.08. The van der Waals surface area contributed by atoms with Crippen molar-refractivity contribution >= 4 is 16.7 Å². The number of methoxy groups -OCH3 is 1. The first-order valence-corrected chi connectivity index (χ1v) is 7.17. The van der Waals surface area contributed by atoms with Gasteiger partial charge in [-0.05, 0) is 37.8 Å². The third-order valence-electron chi connectivity index (χ3n) is 4.31. The lowest BCUT2D eigenvalue weighted by Gasteiger charge is -2.25. The Labute approximate surface area is 119 Å². The van der Waals surface area contributed by atoms with Crippen LogP contribution in [-0.4, -0.2) is 23.5 Å². The van der Waals surface area contributed by atoms with Crippen molar-refractivity contribution in [3.8, 4) is 0 Å². The van der Waals surface area contributed by atoms with Crippen LogP contribution >= 0.6 is 0 Å². The summed E-state index contributed by atoms with van der Waals surface area (Å²) in [6, 6.07) is 11.9. The van der Waals surface area contributed by atoms with E-state index in [4.69, 9.17) is 4.74 Å². The van der Waals surface area contributed by atoms with Gasteiger partial charge in [0.25, 0.3) is 0 Å². The first kappa shape index (κ1) is 13.3. The van der Waals surface area contributed by atoms with Crippen LogP contribution < -0.4 is 0 Å². The minimum Gasteiger partial charge on any atom is -0.370 e. The van der Waals surface area contributed by atoms with Gasteiger partial charge >= 0.3 is 0 Å². The fourth-order valence-electron chi connectivity index (χ4n) is 3.08. The van der Waals surface area contributed by atoms with Crippen LogP contribution in [0.25, 0.3) is 10.9 Å². The van der Waals surface area contributed by atoms with E-state index in [1.807, 2.05) is 36.4 Å². The number of carbonyl (C=O) groups excluding carboxylic acids is 1. The molecule has 1 aromatic heterocycles. The van der Waals surface area contributed by atoms with E-state index in [9.17, 15) is 4.79 Å². The predicted molar refractivity (Wildman–Crippen MR) is 78.7 cm³/mol. The molecule has 1 aliphatic carbocycles. The summed E-state index contributed by atoms with van der Waals surface area (Å²) in [7, 11) is 1.65. The van der Waals surface area contributed by atoms with E-state index in [1.165, 1.54) is 0 Å². The zero-order valence-corrected chi connectivity index (χ0v) is 11.8. The Morgan fingerprint density at radius 2 is 1.95 bits per heavy atom. The lowest BCUT2D eigenvalue weighted by Crippen LogP contribution is -2.39. The minimum absolute atomic E-state index is 0.167. The highest BCUT2D eigenvalue weighted by molar-refractivity contribution is 5.89. The van der Waals surface area contributed by atoms with Gasteiger partial charge in [-0.25, -0.2) is 0 Å². The van der Waals surface area contributed by atoms with Gasteiger partial charge in [0.15, 0.2) is 5.78 Å². The second kappa shape index (κ2) is 5.33. The van der Waals surface area contributed by atoms with Crippen LogP contribution in [0.5, 0.6) is 0 Å². The molecule has 1 heterocycles.